The fourth-order valence-electron chi connectivity index (χ4n) is 3.78. The molecule has 1 aromatic carbocycles. The highest BCUT2D eigenvalue weighted by molar-refractivity contribution is 5.93. The number of rotatable bonds is 3. The zero-order valence-corrected chi connectivity index (χ0v) is 15.5. The number of hydrogen-bond donors (Lipinski definition) is 1. The summed E-state index contributed by atoms with van der Waals surface area (Å²) in [6, 6.07) is 10.0. The van der Waals surface area contributed by atoms with Crippen molar-refractivity contribution in [3.05, 3.63) is 66.5 Å². The van der Waals surface area contributed by atoms with Gasteiger partial charge in [0.25, 0.3) is 5.91 Å². The third kappa shape index (κ3) is 2.94. The smallest absolute Gasteiger partial charge is 0.289 e. The van der Waals surface area contributed by atoms with Crippen molar-refractivity contribution in [1.82, 2.24) is 24.7 Å². The van der Waals surface area contributed by atoms with Crippen molar-refractivity contribution in [3.8, 4) is 0 Å². The Bertz CT molecular complexity index is 1180. The first-order valence-electron chi connectivity index (χ1n) is 9.38. The van der Waals surface area contributed by atoms with Gasteiger partial charge in [-0.1, -0.05) is 11.6 Å². The molecule has 4 heterocycles. The first kappa shape index (κ1) is 16.7. The maximum Gasteiger partial charge on any atom is 0.289 e. The molecule has 0 spiro atoms. The number of nitrogens with zero attached hydrogens (tertiary/aromatic N) is 5. The van der Waals surface area contributed by atoms with Crippen LogP contribution in [-0.2, 0) is 0 Å². The summed E-state index contributed by atoms with van der Waals surface area (Å²) < 4.78 is 2.05. The van der Waals surface area contributed by atoms with E-state index in [0.717, 1.165) is 47.3 Å². The van der Waals surface area contributed by atoms with Crippen LogP contribution >= 0.6 is 0 Å². The average molecular weight is 372 g/mol. The lowest BCUT2D eigenvalue weighted by Gasteiger charge is -2.19. The molecular weight excluding hydrogens is 352 g/mol. The molecule has 0 radical (unpaired) electrons. The maximum atomic E-state index is 12.7. The molecule has 1 aliphatic rings. The van der Waals surface area contributed by atoms with E-state index in [4.69, 9.17) is 0 Å². The predicted molar refractivity (Wildman–Crippen MR) is 108 cm³/mol. The van der Waals surface area contributed by atoms with Gasteiger partial charge in [0.05, 0.1) is 11.0 Å². The summed E-state index contributed by atoms with van der Waals surface area (Å²) in [4.78, 5) is 28.1. The predicted octanol–water partition coefficient (Wildman–Crippen LogP) is 2.59. The number of fused-ring (bicyclic) bond motifs is 2. The van der Waals surface area contributed by atoms with Gasteiger partial charge in [-0.25, -0.2) is 15.0 Å². The van der Waals surface area contributed by atoms with E-state index in [9.17, 15) is 4.79 Å². The van der Waals surface area contributed by atoms with Crippen molar-refractivity contribution < 1.29 is 4.79 Å². The number of amides is 1. The van der Waals surface area contributed by atoms with Crippen LogP contribution in [0.2, 0.25) is 0 Å². The van der Waals surface area contributed by atoms with Gasteiger partial charge >= 0.3 is 0 Å². The molecule has 1 amide bonds. The lowest BCUT2D eigenvalue weighted by Crippen LogP contribution is -2.38. The van der Waals surface area contributed by atoms with Crippen LogP contribution in [0.15, 0.2) is 55.1 Å². The summed E-state index contributed by atoms with van der Waals surface area (Å²) in [5.74, 6) is 0.923. The van der Waals surface area contributed by atoms with Crippen molar-refractivity contribution in [3.63, 3.8) is 0 Å². The number of anilines is 1. The highest BCUT2D eigenvalue weighted by atomic mass is 16.2. The number of aryl methyl sites for hydroxylation is 1. The van der Waals surface area contributed by atoms with E-state index in [2.05, 4.69) is 35.6 Å². The number of carbonyl (C=O) groups excluding carboxylic acids is 1. The van der Waals surface area contributed by atoms with E-state index in [-0.39, 0.29) is 17.8 Å². The van der Waals surface area contributed by atoms with Gasteiger partial charge in [0, 0.05) is 49.3 Å². The quantitative estimate of drug-likeness (QED) is 0.598. The van der Waals surface area contributed by atoms with Crippen molar-refractivity contribution in [1.29, 1.82) is 0 Å². The largest absolute Gasteiger partial charge is 0.353 e. The van der Waals surface area contributed by atoms with Crippen LogP contribution in [0, 0.1) is 6.92 Å². The third-order valence-electron chi connectivity index (χ3n) is 5.19. The fourth-order valence-corrected chi connectivity index (χ4v) is 3.78. The van der Waals surface area contributed by atoms with E-state index in [1.54, 1.807) is 12.4 Å². The van der Waals surface area contributed by atoms with Crippen LogP contribution in [0.4, 0.5) is 5.82 Å². The highest BCUT2D eigenvalue weighted by Crippen LogP contribution is 2.23. The number of benzene rings is 1. The zero-order chi connectivity index (χ0) is 19.1. The van der Waals surface area contributed by atoms with Crippen molar-refractivity contribution in [2.24, 2.45) is 0 Å². The molecule has 0 saturated carbocycles. The molecule has 7 heteroatoms. The van der Waals surface area contributed by atoms with Crippen LogP contribution in [0.3, 0.4) is 0 Å². The summed E-state index contributed by atoms with van der Waals surface area (Å²) in [7, 11) is 0. The summed E-state index contributed by atoms with van der Waals surface area (Å²) in [5, 5.41) is 4.01. The topological polar surface area (TPSA) is 75.4 Å². The van der Waals surface area contributed by atoms with Gasteiger partial charge in [0.2, 0.25) is 5.82 Å². The van der Waals surface area contributed by atoms with Gasteiger partial charge in [0.1, 0.15) is 0 Å². The van der Waals surface area contributed by atoms with Crippen molar-refractivity contribution in [2.45, 2.75) is 19.4 Å². The highest BCUT2D eigenvalue weighted by Gasteiger charge is 2.27. The van der Waals surface area contributed by atoms with E-state index >= 15 is 0 Å². The standard InChI is InChI=1S/C21H20N6O/c1-14-4-5-17-15(11-14)12-23-19(25-17)21(28)24-16-6-9-27(13-16)20-18-3-2-8-26(18)10-7-22-20/h2-5,7-8,10-12,16H,6,9,13H2,1H3,(H,24,28). The number of aromatic nitrogens is 4. The van der Waals surface area contributed by atoms with E-state index in [0.29, 0.717) is 0 Å². The molecule has 1 aliphatic heterocycles. The Morgan fingerprint density at radius 3 is 3.07 bits per heavy atom. The Kier molecular flexibility index (Phi) is 3.93. The zero-order valence-electron chi connectivity index (χ0n) is 15.5. The molecule has 140 valence electrons. The second kappa shape index (κ2) is 6.60. The summed E-state index contributed by atoms with van der Waals surface area (Å²) in [6.45, 7) is 3.59. The van der Waals surface area contributed by atoms with Crippen LogP contribution < -0.4 is 10.2 Å². The molecule has 3 aromatic heterocycles. The Hall–Kier alpha value is -3.48. The Labute approximate surface area is 162 Å². The molecule has 1 unspecified atom stereocenters. The monoisotopic (exact) mass is 372 g/mol. The second-order valence-corrected chi connectivity index (χ2v) is 7.21. The van der Waals surface area contributed by atoms with Crippen LogP contribution in [0.25, 0.3) is 16.4 Å². The minimum atomic E-state index is -0.233. The molecule has 0 aliphatic carbocycles. The fraction of sp³-hybridized carbons (Fsp3) is 0.238. The minimum absolute atomic E-state index is 0.0434. The molecule has 1 atom stereocenters. The summed E-state index contributed by atoms with van der Waals surface area (Å²) in [5.41, 5.74) is 3.00. The molecule has 5 rings (SSSR count). The molecule has 4 aromatic rings. The maximum absolute atomic E-state index is 12.7. The van der Waals surface area contributed by atoms with Crippen LogP contribution in [-0.4, -0.2) is 44.4 Å². The van der Waals surface area contributed by atoms with Crippen molar-refractivity contribution >= 4 is 28.1 Å². The van der Waals surface area contributed by atoms with Crippen molar-refractivity contribution in [2.75, 3.05) is 18.0 Å². The summed E-state index contributed by atoms with van der Waals surface area (Å²) >= 11 is 0. The van der Waals surface area contributed by atoms with Gasteiger partial charge in [-0.2, -0.15) is 0 Å². The van der Waals surface area contributed by atoms with E-state index < -0.39 is 0 Å². The van der Waals surface area contributed by atoms with Gasteiger partial charge in [-0.3, -0.25) is 4.79 Å². The summed E-state index contributed by atoms with van der Waals surface area (Å²) in [6.07, 6.45) is 8.32. The normalized spacial score (nSPS) is 16.8. The lowest BCUT2D eigenvalue weighted by molar-refractivity contribution is 0.0930. The van der Waals surface area contributed by atoms with Crippen LogP contribution in [0.5, 0.6) is 0 Å². The van der Waals surface area contributed by atoms with Gasteiger partial charge in [-0.05, 0) is 37.6 Å². The average Bonchev–Trinajstić information content (AvgIpc) is 3.36. The SMILES string of the molecule is Cc1ccc2nc(C(=O)NC3CCN(c4nccn5cccc45)C3)ncc2c1. The first-order valence-corrected chi connectivity index (χ1v) is 9.38. The Balaban J connectivity index is 1.31. The molecule has 7 nitrogen and oxygen atoms in total. The molecule has 1 saturated heterocycles. The molecule has 0 bridgehead atoms. The number of nitrogens with one attached hydrogen (secondary N) is 1. The Morgan fingerprint density at radius 2 is 2.14 bits per heavy atom. The van der Waals surface area contributed by atoms with Gasteiger partial charge in [-0.15, -0.1) is 0 Å². The molecular formula is C21H20N6O. The third-order valence-corrected chi connectivity index (χ3v) is 5.19. The second-order valence-electron chi connectivity index (χ2n) is 7.21. The van der Waals surface area contributed by atoms with Gasteiger partial charge in [0.15, 0.2) is 5.82 Å². The van der Waals surface area contributed by atoms with Gasteiger partial charge < -0.3 is 14.6 Å². The molecule has 1 N–H and O–H groups in total. The number of carbonyl (C=O) groups is 1. The van der Waals surface area contributed by atoms with E-state index in [1.807, 2.05) is 43.6 Å². The molecule has 28 heavy (non-hydrogen) atoms. The lowest BCUT2D eigenvalue weighted by atomic mass is 10.2. The number of hydrogen-bond acceptors (Lipinski definition) is 5. The first-order chi connectivity index (χ1) is 13.7. The minimum Gasteiger partial charge on any atom is -0.353 e. The van der Waals surface area contributed by atoms with Crippen LogP contribution in [0.1, 0.15) is 22.6 Å². The Morgan fingerprint density at radius 1 is 1.21 bits per heavy atom. The van der Waals surface area contributed by atoms with E-state index in [1.165, 1.54) is 0 Å². The molecule has 1 fully saturated rings.